The second-order valence-electron chi connectivity index (χ2n) is 7.50. The fourth-order valence-electron chi connectivity index (χ4n) is 4.04. The Morgan fingerprint density at radius 3 is 2.33 bits per heavy atom. The lowest BCUT2D eigenvalue weighted by molar-refractivity contribution is -0.140. The number of rotatable bonds is 5. The fraction of sp³-hybridized carbons (Fsp3) is 0.304. The topological polar surface area (TPSA) is 72.9 Å². The van der Waals surface area contributed by atoms with E-state index in [1.165, 1.54) is 17.0 Å². The molecule has 6 nitrogen and oxygen atoms in total. The van der Waals surface area contributed by atoms with Gasteiger partial charge in [-0.1, -0.05) is 42.5 Å². The quantitative estimate of drug-likeness (QED) is 0.450. The van der Waals surface area contributed by atoms with Gasteiger partial charge in [0.15, 0.2) is 0 Å². The predicted octanol–water partition coefficient (Wildman–Crippen LogP) is 2.15. The van der Waals surface area contributed by atoms with Gasteiger partial charge in [-0.3, -0.25) is 14.5 Å². The van der Waals surface area contributed by atoms with Crippen LogP contribution in [0.2, 0.25) is 0 Å². The van der Waals surface area contributed by atoms with Gasteiger partial charge in [0.25, 0.3) is 11.7 Å². The molecule has 4 rings (SSSR count). The fourth-order valence-corrected chi connectivity index (χ4v) is 4.04. The van der Waals surface area contributed by atoms with Gasteiger partial charge in [-0.05, 0) is 17.7 Å². The number of piperazine rings is 1. The van der Waals surface area contributed by atoms with Crippen LogP contribution >= 0.6 is 0 Å². The van der Waals surface area contributed by atoms with E-state index in [1.807, 2.05) is 0 Å². The van der Waals surface area contributed by atoms with Crippen molar-refractivity contribution in [2.45, 2.75) is 6.04 Å². The molecule has 0 bridgehead atoms. The summed E-state index contributed by atoms with van der Waals surface area (Å²) in [5.74, 6) is -1.98. The number of aliphatic hydroxyl groups is 1. The van der Waals surface area contributed by atoms with Gasteiger partial charge in [0.05, 0.1) is 11.6 Å². The van der Waals surface area contributed by atoms with Crippen molar-refractivity contribution >= 4 is 17.4 Å². The molecule has 1 amide bonds. The summed E-state index contributed by atoms with van der Waals surface area (Å²) in [5, 5.41) is 14.2. The SMILES string of the molecule is O=C1C(=O)N(CCN2CCNCC2)C(c2ccc(F)cc2)/C1=C(/O)c1ccccc1. The van der Waals surface area contributed by atoms with Gasteiger partial charge in [0.2, 0.25) is 0 Å². The van der Waals surface area contributed by atoms with Crippen molar-refractivity contribution in [1.82, 2.24) is 15.1 Å². The van der Waals surface area contributed by atoms with Crippen molar-refractivity contribution in [1.29, 1.82) is 0 Å². The number of Topliss-reactive ketones (excluding diaryl/α,β-unsaturated/α-hetero) is 1. The Balaban J connectivity index is 1.72. The number of benzene rings is 2. The van der Waals surface area contributed by atoms with Crippen LogP contribution in [0.15, 0.2) is 60.2 Å². The van der Waals surface area contributed by atoms with E-state index in [1.54, 1.807) is 42.5 Å². The van der Waals surface area contributed by atoms with E-state index in [9.17, 15) is 19.1 Å². The van der Waals surface area contributed by atoms with E-state index >= 15 is 0 Å². The van der Waals surface area contributed by atoms with Gasteiger partial charge >= 0.3 is 0 Å². The monoisotopic (exact) mass is 409 g/mol. The third-order valence-electron chi connectivity index (χ3n) is 5.64. The van der Waals surface area contributed by atoms with Gasteiger partial charge < -0.3 is 15.3 Å². The maximum Gasteiger partial charge on any atom is 0.295 e. The third kappa shape index (κ3) is 3.99. The minimum Gasteiger partial charge on any atom is -0.507 e. The van der Waals surface area contributed by atoms with E-state index in [2.05, 4.69) is 10.2 Å². The summed E-state index contributed by atoms with van der Waals surface area (Å²) in [6, 6.07) is 13.6. The molecule has 2 aliphatic heterocycles. The van der Waals surface area contributed by atoms with Crippen LogP contribution in [0.5, 0.6) is 0 Å². The molecule has 2 fully saturated rings. The van der Waals surface area contributed by atoms with Gasteiger partial charge in [0, 0.05) is 44.8 Å². The molecule has 2 aliphatic rings. The predicted molar refractivity (Wildman–Crippen MR) is 111 cm³/mol. The first-order chi connectivity index (χ1) is 14.6. The zero-order valence-electron chi connectivity index (χ0n) is 16.6. The Labute approximate surface area is 174 Å². The maximum absolute atomic E-state index is 13.5. The molecule has 0 saturated carbocycles. The van der Waals surface area contributed by atoms with E-state index < -0.39 is 23.5 Å². The molecule has 2 saturated heterocycles. The van der Waals surface area contributed by atoms with Gasteiger partial charge in [-0.2, -0.15) is 0 Å². The van der Waals surface area contributed by atoms with Crippen LogP contribution in [0.3, 0.4) is 0 Å². The van der Waals surface area contributed by atoms with E-state index in [0.717, 1.165) is 26.2 Å². The number of carbonyl (C=O) groups excluding carboxylic acids is 2. The summed E-state index contributed by atoms with van der Waals surface area (Å²) >= 11 is 0. The van der Waals surface area contributed by atoms with Crippen molar-refractivity contribution < 1.29 is 19.1 Å². The first-order valence-electron chi connectivity index (χ1n) is 10.1. The number of amides is 1. The largest absolute Gasteiger partial charge is 0.507 e. The molecular weight excluding hydrogens is 385 g/mol. The molecule has 2 aromatic rings. The zero-order valence-corrected chi connectivity index (χ0v) is 16.6. The molecule has 0 aromatic heterocycles. The number of likely N-dealkylation sites (tertiary alicyclic amines) is 1. The Morgan fingerprint density at radius 2 is 1.67 bits per heavy atom. The van der Waals surface area contributed by atoms with Crippen molar-refractivity contribution in [2.24, 2.45) is 0 Å². The van der Waals surface area contributed by atoms with Crippen LogP contribution in [0.1, 0.15) is 17.2 Å². The third-order valence-corrected chi connectivity index (χ3v) is 5.64. The van der Waals surface area contributed by atoms with Crippen LogP contribution in [0, 0.1) is 5.82 Å². The smallest absolute Gasteiger partial charge is 0.295 e. The molecule has 156 valence electrons. The highest BCUT2D eigenvalue weighted by Gasteiger charge is 2.46. The number of halogens is 1. The molecule has 0 spiro atoms. The van der Waals surface area contributed by atoms with Gasteiger partial charge in [-0.15, -0.1) is 0 Å². The highest BCUT2D eigenvalue weighted by Crippen LogP contribution is 2.39. The van der Waals surface area contributed by atoms with E-state index in [0.29, 0.717) is 24.2 Å². The maximum atomic E-state index is 13.5. The van der Waals surface area contributed by atoms with Crippen LogP contribution in [-0.4, -0.2) is 65.9 Å². The van der Waals surface area contributed by atoms with Crippen LogP contribution in [-0.2, 0) is 9.59 Å². The standard InChI is InChI=1S/C23H24FN3O3/c24-18-8-6-16(7-9-18)20-19(21(28)17-4-2-1-3-5-17)22(29)23(30)27(20)15-14-26-12-10-25-11-13-26/h1-9,20,25,28H,10-15H2/b21-19-. The Morgan fingerprint density at radius 1 is 1.00 bits per heavy atom. The Kier molecular flexibility index (Phi) is 5.92. The summed E-state index contributed by atoms with van der Waals surface area (Å²) < 4.78 is 13.5. The van der Waals surface area contributed by atoms with Crippen molar-refractivity contribution in [3.8, 4) is 0 Å². The first kappa shape index (κ1) is 20.3. The molecule has 30 heavy (non-hydrogen) atoms. The number of nitrogens with one attached hydrogen (secondary N) is 1. The summed E-state index contributed by atoms with van der Waals surface area (Å²) in [7, 11) is 0. The highest BCUT2D eigenvalue weighted by molar-refractivity contribution is 6.46. The van der Waals surface area contributed by atoms with Crippen molar-refractivity contribution in [3.63, 3.8) is 0 Å². The second kappa shape index (κ2) is 8.77. The minimum absolute atomic E-state index is 0.0399. The summed E-state index contributed by atoms with van der Waals surface area (Å²) in [6.07, 6.45) is 0. The van der Waals surface area contributed by atoms with Gasteiger partial charge in [-0.25, -0.2) is 4.39 Å². The molecule has 2 N–H and O–H groups in total. The van der Waals surface area contributed by atoms with E-state index in [-0.39, 0.29) is 11.3 Å². The summed E-state index contributed by atoms with van der Waals surface area (Å²) in [5.41, 5.74) is 1.09. The number of hydrogen-bond donors (Lipinski definition) is 2. The molecule has 0 aliphatic carbocycles. The minimum atomic E-state index is -0.756. The lowest BCUT2D eigenvalue weighted by Crippen LogP contribution is -2.46. The molecule has 7 heteroatoms. The number of nitrogens with zero attached hydrogens (tertiary/aromatic N) is 2. The van der Waals surface area contributed by atoms with Crippen LogP contribution in [0.4, 0.5) is 4.39 Å². The van der Waals surface area contributed by atoms with Crippen LogP contribution in [0.25, 0.3) is 5.76 Å². The van der Waals surface area contributed by atoms with Crippen molar-refractivity contribution in [3.05, 3.63) is 77.1 Å². The van der Waals surface area contributed by atoms with Crippen LogP contribution < -0.4 is 5.32 Å². The average Bonchev–Trinajstić information content (AvgIpc) is 3.04. The zero-order chi connectivity index (χ0) is 21.1. The first-order valence-corrected chi connectivity index (χ1v) is 10.1. The summed E-state index contributed by atoms with van der Waals surface area (Å²) in [4.78, 5) is 29.5. The molecule has 2 heterocycles. The molecule has 0 radical (unpaired) electrons. The Hall–Kier alpha value is -3.03. The molecule has 1 atom stereocenters. The molecular formula is C23H24FN3O3. The Bertz CT molecular complexity index is 953. The van der Waals surface area contributed by atoms with E-state index in [4.69, 9.17) is 0 Å². The lowest BCUT2D eigenvalue weighted by atomic mass is 9.95. The lowest BCUT2D eigenvalue weighted by Gasteiger charge is -2.31. The normalized spacial score (nSPS) is 21.9. The summed E-state index contributed by atoms with van der Waals surface area (Å²) in [6.45, 7) is 4.47. The number of ketones is 1. The molecule has 2 aromatic carbocycles. The molecule has 1 unspecified atom stereocenters. The van der Waals surface area contributed by atoms with Gasteiger partial charge in [0.1, 0.15) is 11.6 Å². The average molecular weight is 409 g/mol. The highest BCUT2D eigenvalue weighted by atomic mass is 19.1. The van der Waals surface area contributed by atoms with Crippen molar-refractivity contribution in [2.75, 3.05) is 39.3 Å². The number of carbonyl (C=O) groups is 2. The number of hydrogen-bond acceptors (Lipinski definition) is 5. The number of aliphatic hydroxyl groups excluding tert-OH is 1. The second-order valence-corrected chi connectivity index (χ2v) is 7.50.